The van der Waals surface area contributed by atoms with E-state index in [9.17, 15) is 13.2 Å². The van der Waals surface area contributed by atoms with E-state index < -0.39 is 10.0 Å². The molecule has 3 aromatic carbocycles. The average molecular weight is 556 g/mol. The highest BCUT2D eigenvalue weighted by Crippen LogP contribution is 2.27. The van der Waals surface area contributed by atoms with Gasteiger partial charge in [-0.1, -0.05) is 23.7 Å². The molecule has 1 fully saturated rings. The number of anilines is 1. The summed E-state index contributed by atoms with van der Waals surface area (Å²) in [4.78, 5) is 17.8. The lowest BCUT2D eigenvalue weighted by atomic mass is 10.1. The van der Waals surface area contributed by atoms with Gasteiger partial charge in [0.2, 0.25) is 10.0 Å². The predicted molar refractivity (Wildman–Crippen MR) is 152 cm³/mol. The zero-order valence-corrected chi connectivity index (χ0v) is 23.8. The molecule has 0 N–H and O–H groups in total. The third-order valence-electron chi connectivity index (χ3n) is 7.01. The SMILES string of the molecule is CCOc1ccc(C(=O)N2CCN(c3cccc(C)c3C)CC2)cc1CN(C)S(=O)(=O)c1ccc(Cl)cc1. The number of aryl methyl sites for hydroxylation is 1. The quantitative estimate of drug-likeness (QED) is 0.385. The Bertz CT molecular complexity index is 1400. The van der Waals surface area contributed by atoms with Gasteiger partial charge in [-0.2, -0.15) is 4.31 Å². The fraction of sp³-hybridized carbons (Fsp3) is 0.345. The number of carbonyl (C=O) groups is 1. The molecule has 0 spiro atoms. The highest BCUT2D eigenvalue weighted by molar-refractivity contribution is 7.89. The fourth-order valence-corrected chi connectivity index (χ4v) is 5.93. The van der Waals surface area contributed by atoms with Crippen LogP contribution in [0.1, 0.15) is 34.0 Å². The van der Waals surface area contributed by atoms with Gasteiger partial charge >= 0.3 is 0 Å². The van der Waals surface area contributed by atoms with Gasteiger partial charge in [-0.05, 0) is 80.4 Å². The lowest BCUT2D eigenvalue weighted by molar-refractivity contribution is 0.0746. The second-order valence-corrected chi connectivity index (χ2v) is 12.0. The number of carbonyl (C=O) groups excluding carboxylic acids is 1. The second kappa shape index (κ2) is 11.8. The Morgan fingerprint density at radius 3 is 2.34 bits per heavy atom. The second-order valence-electron chi connectivity index (χ2n) is 9.47. The van der Waals surface area contributed by atoms with E-state index in [1.165, 1.54) is 40.3 Å². The van der Waals surface area contributed by atoms with Crippen LogP contribution in [-0.4, -0.2) is 63.4 Å². The van der Waals surface area contributed by atoms with Crippen molar-refractivity contribution >= 4 is 33.2 Å². The van der Waals surface area contributed by atoms with E-state index in [0.29, 0.717) is 41.6 Å². The number of hydrogen-bond donors (Lipinski definition) is 0. The number of benzene rings is 3. The molecule has 9 heteroatoms. The van der Waals surface area contributed by atoms with Gasteiger partial charge < -0.3 is 14.5 Å². The van der Waals surface area contributed by atoms with Crippen LogP contribution in [0.25, 0.3) is 0 Å². The van der Waals surface area contributed by atoms with Gasteiger partial charge in [0.1, 0.15) is 5.75 Å². The monoisotopic (exact) mass is 555 g/mol. The largest absolute Gasteiger partial charge is 0.494 e. The van der Waals surface area contributed by atoms with E-state index in [4.69, 9.17) is 16.3 Å². The van der Waals surface area contributed by atoms with Crippen molar-refractivity contribution in [1.29, 1.82) is 0 Å². The van der Waals surface area contributed by atoms with Crippen LogP contribution >= 0.6 is 11.6 Å². The third kappa shape index (κ3) is 5.98. The molecular weight excluding hydrogens is 522 g/mol. The van der Waals surface area contributed by atoms with Crippen molar-refractivity contribution in [1.82, 2.24) is 9.21 Å². The lowest BCUT2D eigenvalue weighted by Crippen LogP contribution is -2.49. The van der Waals surface area contributed by atoms with Gasteiger partial charge in [0, 0.05) is 61.6 Å². The number of hydrogen-bond acceptors (Lipinski definition) is 5. The summed E-state index contributed by atoms with van der Waals surface area (Å²) in [6.45, 7) is 9.32. The maximum Gasteiger partial charge on any atom is 0.253 e. The minimum Gasteiger partial charge on any atom is -0.494 e. The first kappa shape index (κ1) is 28.0. The molecular formula is C29H34ClN3O4S. The van der Waals surface area contributed by atoms with Crippen molar-refractivity contribution < 1.29 is 17.9 Å². The van der Waals surface area contributed by atoms with Crippen molar-refractivity contribution in [3.05, 3.63) is 87.9 Å². The third-order valence-corrected chi connectivity index (χ3v) is 9.08. The Balaban J connectivity index is 1.50. The van der Waals surface area contributed by atoms with E-state index in [2.05, 4.69) is 36.9 Å². The number of rotatable bonds is 8. The molecule has 1 aliphatic rings. The minimum absolute atomic E-state index is 0.0574. The summed E-state index contributed by atoms with van der Waals surface area (Å²) in [5.41, 5.74) is 4.88. The molecule has 1 aliphatic heterocycles. The van der Waals surface area contributed by atoms with Crippen LogP contribution in [0.5, 0.6) is 5.75 Å². The summed E-state index contributed by atoms with van der Waals surface area (Å²) in [5.74, 6) is 0.486. The van der Waals surface area contributed by atoms with Crippen LogP contribution < -0.4 is 9.64 Å². The Morgan fingerprint density at radius 2 is 1.68 bits per heavy atom. The first-order valence-electron chi connectivity index (χ1n) is 12.7. The highest BCUT2D eigenvalue weighted by Gasteiger charge is 2.26. The molecule has 0 aliphatic carbocycles. The van der Waals surface area contributed by atoms with Gasteiger partial charge in [-0.15, -0.1) is 0 Å². The van der Waals surface area contributed by atoms with E-state index in [0.717, 1.165) is 13.1 Å². The van der Waals surface area contributed by atoms with E-state index in [-0.39, 0.29) is 17.3 Å². The fourth-order valence-electron chi connectivity index (χ4n) is 4.65. The number of amides is 1. The van der Waals surface area contributed by atoms with Crippen molar-refractivity contribution in [2.24, 2.45) is 0 Å². The van der Waals surface area contributed by atoms with Crippen LogP contribution in [-0.2, 0) is 16.6 Å². The molecule has 0 bridgehead atoms. The minimum atomic E-state index is -3.76. The average Bonchev–Trinajstić information content (AvgIpc) is 2.91. The predicted octanol–water partition coefficient (Wildman–Crippen LogP) is 5.14. The Morgan fingerprint density at radius 1 is 1.00 bits per heavy atom. The number of piperazine rings is 1. The molecule has 3 aromatic rings. The van der Waals surface area contributed by atoms with Crippen LogP contribution in [0.4, 0.5) is 5.69 Å². The molecule has 0 unspecified atom stereocenters. The number of sulfonamides is 1. The number of ether oxygens (including phenoxy) is 1. The first-order valence-corrected chi connectivity index (χ1v) is 14.5. The molecule has 1 heterocycles. The van der Waals surface area contributed by atoms with Crippen LogP contribution in [0, 0.1) is 13.8 Å². The standard InChI is InChI=1S/C29H34ClN3O4S/c1-5-37-28-14-9-23(19-24(28)20-31(4)38(35,36)26-12-10-25(30)11-13-26)29(34)33-17-15-32(16-18-33)27-8-6-7-21(2)22(27)3/h6-14,19H,5,15-18,20H2,1-4H3. The summed E-state index contributed by atoms with van der Waals surface area (Å²) in [7, 11) is -2.25. The van der Waals surface area contributed by atoms with Crippen LogP contribution in [0.2, 0.25) is 5.02 Å². The Labute approximate surface area is 230 Å². The lowest BCUT2D eigenvalue weighted by Gasteiger charge is -2.37. The van der Waals surface area contributed by atoms with E-state index >= 15 is 0 Å². The number of halogens is 1. The number of nitrogens with zero attached hydrogens (tertiary/aromatic N) is 3. The highest BCUT2D eigenvalue weighted by atomic mass is 35.5. The van der Waals surface area contributed by atoms with Crippen molar-refractivity contribution in [3.8, 4) is 5.75 Å². The summed E-state index contributed by atoms with van der Waals surface area (Å²) < 4.78 is 33.3. The van der Waals surface area contributed by atoms with Gasteiger partial charge in [0.15, 0.2) is 0 Å². The molecule has 7 nitrogen and oxygen atoms in total. The first-order chi connectivity index (χ1) is 18.1. The zero-order valence-electron chi connectivity index (χ0n) is 22.3. The summed E-state index contributed by atoms with van der Waals surface area (Å²) >= 11 is 5.93. The summed E-state index contributed by atoms with van der Waals surface area (Å²) in [6, 6.07) is 17.6. The molecule has 202 valence electrons. The van der Waals surface area contributed by atoms with E-state index in [1.54, 1.807) is 30.3 Å². The molecule has 0 atom stereocenters. The van der Waals surface area contributed by atoms with Gasteiger partial charge in [-0.3, -0.25) is 4.79 Å². The Kier molecular flexibility index (Phi) is 8.65. The maximum atomic E-state index is 13.4. The molecule has 4 rings (SSSR count). The molecule has 1 saturated heterocycles. The summed E-state index contributed by atoms with van der Waals surface area (Å²) in [6.07, 6.45) is 0. The molecule has 0 radical (unpaired) electrons. The molecule has 1 amide bonds. The summed E-state index contributed by atoms with van der Waals surface area (Å²) in [5, 5.41) is 0.464. The normalized spacial score (nSPS) is 14.2. The van der Waals surface area contributed by atoms with E-state index in [1.807, 2.05) is 11.8 Å². The Hall–Kier alpha value is -3.07. The van der Waals surface area contributed by atoms with Crippen LogP contribution in [0.3, 0.4) is 0 Å². The molecule has 0 aromatic heterocycles. The van der Waals surface area contributed by atoms with Gasteiger partial charge in [0.05, 0.1) is 11.5 Å². The van der Waals surface area contributed by atoms with Crippen molar-refractivity contribution in [3.63, 3.8) is 0 Å². The van der Waals surface area contributed by atoms with Gasteiger partial charge in [-0.25, -0.2) is 8.42 Å². The topological polar surface area (TPSA) is 70.2 Å². The van der Waals surface area contributed by atoms with Crippen molar-refractivity contribution in [2.45, 2.75) is 32.2 Å². The van der Waals surface area contributed by atoms with Gasteiger partial charge in [0.25, 0.3) is 5.91 Å². The molecule has 0 saturated carbocycles. The molecule has 38 heavy (non-hydrogen) atoms. The zero-order chi connectivity index (χ0) is 27.4. The smallest absolute Gasteiger partial charge is 0.253 e. The van der Waals surface area contributed by atoms with Crippen molar-refractivity contribution in [2.75, 3.05) is 44.7 Å². The maximum absolute atomic E-state index is 13.4. The van der Waals surface area contributed by atoms with Crippen LogP contribution in [0.15, 0.2) is 65.6 Å².